The molecule has 5 rings (SSSR count). The summed E-state index contributed by atoms with van der Waals surface area (Å²) in [6, 6.07) is 11.0. The zero-order chi connectivity index (χ0) is 24.7. The Labute approximate surface area is 205 Å². The van der Waals surface area contributed by atoms with Crippen molar-refractivity contribution < 1.29 is 22.4 Å². The Morgan fingerprint density at radius 2 is 1.71 bits per heavy atom. The van der Waals surface area contributed by atoms with E-state index in [1.54, 1.807) is 30.3 Å². The molecule has 0 aromatic heterocycles. The summed E-state index contributed by atoms with van der Waals surface area (Å²) in [5.74, 6) is -0.944. The molecule has 0 unspecified atom stereocenters. The molecule has 0 spiro atoms. The molecule has 1 saturated carbocycles. The van der Waals surface area contributed by atoms with E-state index in [4.69, 9.17) is 0 Å². The van der Waals surface area contributed by atoms with Gasteiger partial charge in [0.1, 0.15) is 5.82 Å². The van der Waals surface area contributed by atoms with Gasteiger partial charge in [-0.1, -0.05) is 18.6 Å². The van der Waals surface area contributed by atoms with Crippen molar-refractivity contribution in [2.45, 2.75) is 56.4 Å². The number of amides is 2. The fourth-order valence-corrected chi connectivity index (χ4v) is 6.78. The summed E-state index contributed by atoms with van der Waals surface area (Å²) in [7, 11) is -3.73. The van der Waals surface area contributed by atoms with Gasteiger partial charge in [-0.15, -0.1) is 0 Å². The Kier molecular flexibility index (Phi) is 6.40. The smallest absolute Gasteiger partial charge is 0.243 e. The predicted octanol–water partition coefficient (Wildman–Crippen LogP) is 3.94. The Hall–Kier alpha value is -2.78. The van der Waals surface area contributed by atoms with Crippen LogP contribution in [0.1, 0.15) is 44.6 Å². The van der Waals surface area contributed by atoms with Gasteiger partial charge >= 0.3 is 0 Å². The zero-order valence-corrected chi connectivity index (χ0v) is 20.6. The molecule has 2 aromatic carbocycles. The standard InChI is InChI=1S/C26H30FN3O4S/c1-17-15-20-16-21(9-10-24(20)30(17)26(32)19-5-4-6-19)35(33,34)29-13-11-18(12-14-29)25(31)28-23-8-3-2-7-22(23)27/h2-3,7-10,16-19H,4-6,11-15H2,1H3,(H,28,31)/t17-/m1/s1. The Morgan fingerprint density at radius 3 is 2.37 bits per heavy atom. The van der Waals surface area contributed by atoms with Gasteiger partial charge in [0.05, 0.1) is 10.6 Å². The maximum atomic E-state index is 13.8. The molecule has 1 atom stereocenters. The first-order valence-corrected chi connectivity index (χ1v) is 13.7. The fraction of sp³-hybridized carbons (Fsp3) is 0.462. The van der Waals surface area contributed by atoms with E-state index in [9.17, 15) is 22.4 Å². The maximum Gasteiger partial charge on any atom is 0.243 e. The van der Waals surface area contributed by atoms with E-state index >= 15 is 0 Å². The van der Waals surface area contributed by atoms with Gasteiger partial charge in [0.25, 0.3) is 0 Å². The third-order valence-corrected chi connectivity index (χ3v) is 9.45. The second-order valence-electron chi connectivity index (χ2n) is 9.83. The van der Waals surface area contributed by atoms with Crippen molar-refractivity contribution in [1.82, 2.24) is 4.31 Å². The molecule has 3 aliphatic rings. The largest absolute Gasteiger partial charge is 0.323 e. The van der Waals surface area contributed by atoms with Crippen molar-refractivity contribution in [3.8, 4) is 0 Å². The topological polar surface area (TPSA) is 86.8 Å². The van der Waals surface area contributed by atoms with Crippen LogP contribution in [-0.4, -0.2) is 43.7 Å². The van der Waals surface area contributed by atoms with Crippen LogP contribution in [0.25, 0.3) is 0 Å². The number of para-hydroxylation sites is 1. The van der Waals surface area contributed by atoms with Crippen LogP contribution in [0.3, 0.4) is 0 Å². The van der Waals surface area contributed by atoms with E-state index in [2.05, 4.69) is 5.32 Å². The average Bonchev–Trinajstić information content (AvgIpc) is 3.14. The van der Waals surface area contributed by atoms with Crippen LogP contribution in [0.15, 0.2) is 47.4 Å². The van der Waals surface area contributed by atoms with E-state index in [1.165, 1.54) is 16.4 Å². The molecule has 2 fully saturated rings. The highest BCUT2D eigenvalue weighted by Gasteiger charge is 2.38. The number of rotatable bonds is 5. The molecule has 9 heteroatoms. The normalized spacial score (nSPS) is 21.4. The summed E-state index contributed by atoms with van der Waals surface area (Å²) in [4.78, 5) is 27.5. The minimum atomic E-state index is -3.73. The number of nitrogens with one attached hydrogen (secondary N) is 1. The van der Waals surface area contributed by atoms with Gasteiger partial charge in [-0.2, -0.15) is 4.31 Å². The number of fused-ring (bicyclic) bond motifs is 1. The molecule has 2 aliphatic heterocycles. The van der Waals surface area contributed by atoms with E-state index < -0.39 is 15.8 Å². The van der Waals surface area contributed by atoms with Gasteiger partial charge < -0.3 is 10.2 Å². The number of hydrogen-bond donors (Lipinski definition) is 1. The summed E-state index contributed by atoms with van der Waals surface area (Å²) in [6.45, 7) is 2.44. The Balaban J connectivity index is 1.25. The van der Waals surface area contributed by atoms with Crippen LogP contribution in [0.4, 0.5) is 15.8 Å². The molecule has 2 amide bonds. The lowest BCUT2D eigenvalue weighted by molar-refractivity contribution is -0.125. The lowest BCUT2D eigenvalue weighted by atomic mass is 9.84. The molecule has 2 aromatic rings. The van der Waals surface area contributed by atoms with E-state index in [1.807, 2.05) is 11.8 Å². The Bertz CT molecular complexity index is 1250. The molecule has 0 bridgehead atoms. The number of nitrogens with zero attached hydrogens (tertiary/aromatic N) is 2. The van der Waals surface area contributed by atoms with Crippen molar-refractivity contribution in [2.24, 2.45) is 11.8 Å². The first-order chi connectivity index (χ1) is 16.8. The molecule has 1 saturated heterocycles. The van der Waals surface area contributed by atoms with Crippen LogP contribution in [-0.2, 0) is 26.0 Å². The van der Waals surface area contributed by atoms with Gasteiger partial charge in [-0.25, -0.2) is 12.8 Å². The van der Waals surface area contributed by atoms with Gasteiger partial charge in [0.15, 0.2) is 0 Å². The molecule has 7 nitrogen and oxygen atoms in total. The van der Waals surface area contributed by atoms with Crippen LogP contribution in [0, 0.1) is 17.7 Å². The van der Waals surface area contributed by atoms with E-state index in [-0.39, 0.29) is 53.4 Å². The van der Waals surface area contributed by atoms with Crippen molar-refractivity contribution in [3.63, 3.8) is 0 Å². The van der Waals surface area contributed by atoms with Crippen molar-refractivity contribution in [3.05, 3.63) is 53.8 Å². The minimum Gasteiger partial charge on any atom is -0.323 e. The van der Waals surface area contributed by atoms with Gasteiger partial charge in [-0.05, 0) is 74.9 Å². The number of sulfonamides is 1. The van der Waals surface area contributed by atoms with Gasteiger partial charge in [0, 0.05) is 36.7 Å². The number of anilines is 2. The predicted molar refractivity (Wildman–Crippen MR) is 131 cm³/mol. The minimum absolute atomic E-state index is 0.0137. The fourth-order valence-electron chi connectivity index (χ4n) is 5.26. The molecular weight excluding hydrogens is 469 g/mol. The average molecular weight is 500 g/mol. The summed E-state index contributed by atoms with van der Waals surface area (Å²) in [6.07, 6.45) is 4.31. The highest BCUT2D eigenvalue weighted by molar-refractivity contribution is 7.89. The Morgan fingerprint density at radius 1 is 1.00 bits per heavy atom. The molecular formula is C26H30FN3O4S. The van der Waals surface area contributed by atoms with Crippen molar-refractivity contribution in [1.29, 1.82) is 0 Å². The summed E-state index contributed by atoms with van der Waals surface area (Å²) >= 11 is 0. The van der Waals surface area contributed by atoms with Crippen LogP contribution in [0.2, 0.25) is 0 Å². The summed E-state index contributed by atoms with van der Waals surface area (Å²) < 4.78 is 42.0. The third kappa shape index (κ3) is 4.47. The number of benzene rings is 2. The second kappa shape index (κ2) is 9.35. The maximum absolute atomic E-state index is 13.8. The molecule has 0 radical (unpaired) electrons. The van der Waals surface area contributed by atoms with Gasteiger partial charge in [-0.3, -0.25) is 9.59 Å². The number of carbonyl (C=O) groups excluding carboxylic acids is 2. The SMILES string of the molecule is C[C@@H]1Cc2cc(S(=O)(=O)N3CCC(C(=O)Nc4ccccc4F)CC3)ccc2N1C(=O)C1CCC1. The highest BCUT2D eigenvalue weighted by Crippen LogP contribution is 2.39. The molecule has 35 heavy (non-hydrogen) atoms. The first-order valence-electron chi connectivity index (χ1n) is 12.3. The van der Waals surface area contributed by atoms with Crippen molar-refractivity contribution >= 4 is 33.2 Å². The summed E-state index contributed by atoms with van der Waals surface area (Å²) in [5, 5.41) is 2.61. The number of piperidine rings is 1. The summed E-state index contributed by atoms with van der Waals surface area (Å²) in [5.41, 5.74) is 1.83. The zero-order valence-electron chi connectivity index (χ0n) is 19.7. The van der Waals surface area contributed by atoms with E-state index in [0.29, 0.717) is 19.3 Å². The monoisotopic (exact) mass is 499 g/mol. The lowest BCUT2D eigenvalue weighted by Crippen LogP contribution is -2.42. The molecule has 1 N–H and O–H groups in total. The third-order valence-electron chi connectivity index (χ3n) is 7.55. The van der Waals surface area contributed by atoms with Crippen LogP contribution >= 0.6 is 0 Å². The number of carbonyl (C=O) groups is 2. The molecule has 186 valence electrons. The molecule has 1 aliphatic carbocycles. The van der Waals surface area contributed by atoms with Crippen LogP contribution in [0.5, 0.6) is 0 Å². The molecule has 2 heterocycles. The second-order valence-corrected chi connectivity index (χ2v) is 11.8. The highest BCUT2D eigenvalue weighted by atomic mass is 32.2. The first kappa shape index (κ1) is 23.9. The van der Waals surface area contributed by atoms with Crippen molar-refractivity contribution in [2.75, 3.05) is 23.3 Å². The van der Waals surface area contributed by atoms with Gasteiger partial charge in [0.2, 0.25) is 21.8 Å². The van der Waals surface area contributed by atoms with Crippen LogP contribution < -0.4 is 10.2 Å². The van der Waals surface area contributed by atoms with E-state index in [0.717, 1.165) is 30.5 Å². The number of halogens is 1. The lowest BCUT2D eigenvalue weighted by Gasteiger charge is -2.32. The quantitative estimate of drug-likeness (QED) is 0.675. The number of hydrogen-bond acceptors (Lipinski definition) is 4.